The lowest BCUT2D eigenvalue weighted by atomic mass is 10.1. The normalized spacial score (nSPS) is 13.0. The zero-order chi connectivity index (χ0) is 14.9. The van der Waals surface area contributed by atoms with Crippen LogP contribution < -0.4 is 5.32 Å². The SMILES string of the molecule is CCc1ccccc1-n1nc(-c2cccnc2)c2c1NCC2. The summed E-state index contributed by atoms with van der Waals surface area (Å²) < 4.78 is 2.06. The smallest absolute Gasteiger partial charge is 0.133 e. The van der Waals surface area contributed by atoms with Crippen LogP contribution >= 0.6 is 0 Å². The van der Waals surface area contributed by atoms with Gasteiger partial charge in [-0.15, -0.1) is 0 Å². The summed E-state index contributed by atoms with van der Waals surface area (Å²) >= 11 is 0. The number of anilines is 1. The first-order valence-corrected chi connectivity index (χ1v) is 7.73. The van der Waals surface area contributed by atoms with Crippen molar-refractivity contribution in [3.05, 3.63) is 59.9 Å². The highest BCUT2D eigenvalue weighted by Gasteiger charge is 2.24. The molecule has 3 aromatic rings. The minimum atomic E-state index is 0.967. The van der Waals surface area contributed by atoms with Crippen molar-refractivity contribution in [3.8, 4) is 16.9 Å². The van der Waals surface area contributed by atoms with E-state index in [1.165, 1.54) is 11.1 Å². The lowest BCUT2D eigenvalue weighted by Crippen LogP contribution is -2.06. The minimum absolute atomic E-state index is 0.967. The quantitative estimate of drug-likeness (QED) is 0.803. The van der Waals surface area contributed by atoms with E-state index < -0.39 is 0 Å². The highest BCUT2D eigenvalue weighted by molar-refractivity contribution is 5.72. The number of fused-ring (bicyclic) bond motifs is 1. The third-order valence-electron chi connectivity index (χ3n) is 4.19. The maximum atomic E-state index is 4.90. The Hall–Kier alpha value is -2.62. The van der Waals surface area contributed by atoms with Gasteiger partial charge in [0.05, 0.1) is 11.4 Å². The highest BCUT2D eigenvalue weighted by atomic mass is 15.3. The zero-order valence-corrected chi connectivity index (χ0v) is 12.6. The molecule has 22 heavy (non-hydrogen) atoms. The lowest BCUT2D eigenvalue weighted by molar-refractivity contribution is 0.865. The van der Waals surface area contributed by atoms with Crippen LogP contribution in [0.4, 0.5) is 5.82 Å². The van der Waals surface area contributed by atoms with Crippen LogP contribution in [0.1, 0.15) is 18.1 Å². The van der Waals surface area contributed by atoms with E-state index in [-0.39, 0.29) is 0 Å². The molecule has 3 heterocycles. The van der Waals surface area contributed by atoms with Crippen molar-refractivity contribution in [2.45, 2.75) is 19.8 Å². The maximum Gasteiger partial charge on any atom is 0.133 e. The molecule has 0 amide bonds. The Morgan fingerprint density at radius 3 is 2.91 bits per heavy atom. The number of para-hydroxylation sites is 1. The zero-order valence-electron chi connectivity index (χ0n) is 12.6. The van der Waals surface area contributed by atoms with E-state index in [9.17, 15) is 0 Å². The average Bonchev–Trinajstić information content (AvgIpc) is 3.18. The summed E-state index contributed by atoms with van der Waals surface area (Å²) in [6, 6.07) is 12.5. The van der Waals surface area contributed by atoms with Crippen molar-refractivity contribution in [1.29, 1.82) is 0 Å². The molecule has 110 valence electrons. The van der Waals surface area contributed by atoms with Crippen LogP contribution in [-0.4, -0.2) is 21.3 Å². The van der Waals surface area contributed by atoms with Gasteiger partial charge in [-0.3, -0.25) is 4.98 Å². The van der Waals surface area contributed by atoms with Crippen molar-refractivity contribution in [2.75, 3.05) is 11.9 Å². The van der Waals surface area contributed by atoms with Gasteiger partial charge in [0.15, 0.2) is 0 Å². The second kappa shape index (κ2) is 5.30. The minimum Gasteiger partial charge on any atom is -0.369 e. The third-order valence-corrected chi connectivity index (χ3v) is 4.19. The Morgan fingerprint density at radius 2 is 2.09 bits per heavy atom. The third kappa shape index (κ3) is 1.99. The molecular formula is C18H18N4. The van der Waals surface area contributed by atoms with Crippen molar-refractivity contribution in [3.63, 3.8) is 0 Å². The molecule has 1 aliphatic heterocycles. The van der Waals surface area contributed by atoms with Crippen LogP contribution in [0, 0.1) is 0 Å². The fourth-order valence-corrected chi connectivity index (χ4v) is 3.10. The molecule has 1 aromatic carbocycles. The van der Waals surface area contributed by atoms with Gasteiger partial charge in [0, 0.05) is 30.1 Å². The molecule has 4 rings (SSSR count). The van der Waals surface area contributed by atoms with Crippen molar-refractivity contribution >= 4 is 5.82 Å². The van der Waals surface area contributed by atoms with Gasteiger partial charge < -0.3 is 5.32 Å². The molecule has 2 aromatic heterocycles. The van der Waals surface area contributed by atoms with E-state index in [1.54, 1.807) is 6.20 Å². The number of hydrogen-bond acceptors (Lipinski definition) is 3. The highest BCUT2D eigenvalue weighted by Crippen LogP contribution is 2.34. The number of nitrogens with one attached hydrogen (secondary N) is 1. The number of rotatable bonds is 3. The second-order valence-electron chi connectivity index (χ2n) is 5.49. The van der Waals surface area contributed by atoms with Crippen LogP contribution in [0.2, 0.25) is 0 Å². The van der Waals surface area contributed by atoms with Crippen molar-refractivity contribution in [2.24, 2.45) is 0 Å². The van der Waals surface area contributed by atoms with Crippen LogP contribution in [0.25, 0.3) is 16.9 Å². The number of benzene rings is 1. The molecule has 0 spiro atoms. The standard InChI is InChI=1S/C18H18N4/c1-2-13-6-3-4-8-16(13)22-18-15(9-11-20-18)17(21-22)14-7-5-10-19-12-14/h3-8,10,12,20H,2,9,11H2,1H3. The molecule has 0 bridgehead atoms. The summed E-state index contributed by atoms with van der Waals surface area (Å²) in [6.45, 7) is 3.15. The fourth-order valence-electron chi connectivity index (χ4n) is 3.10. The summed E-state index contributed by atoms with van der Waals surface area (Å²) in [6.07, 6.45) is 5.68. The van der Waals surface area contributed by atoms with Gasteiger partial charge in [-0.1, -0.05) is 25.1 Å². The van der Waals surface area contributed by atoms with Gasteiger partial charge in [-0.2, -0.15) is 5.10 Å². The van der Waals surface area contributed by atoms with Gasteiger partial charge in [0.25, 0.3) is 0 Å². The molecule has 4 heteroatoms. The summed E-state index contributed by atoms with van der Waals surface area (Å²) in [5.41, 5.74) is 5.87. The van der Waals surface area contributed by atoms with Gasteiger partial charge in [0.1, 0.15) is 5.82 Å². The molecule has 0 fully saturated rings. The lowest BCUT2D eigenvalue weighted by Gasteiger charge is -2.10. The fraction of sp³-hybridized carbons (Fsp3) is 0.222. The Kier molecular flexibility index (Phi) is 3.15. The molecule has 0 aliphatic carbocycles. The van der Waals surface area contributed by atoms with E-state index in [1.807, 2.05) is 12.3 Å². The molecule has 0 saturated heterocycles. The molecule has 0 radical (unpaired) electrons. The number of aromatic nitrogens is 3. The Morgan fingerprint density at radius 1 is 1.18 bits per heavy atom. The predicted octanol–water partition coefficient (Wildman–Crippen LogP) is 3.46. The van der Waals surface area contributed by atoms with Crippen LogP contribution in [0.15, 0.2) is 48.8 Å². The molecule has 0 atom stereocenters. The molecule has 4 nitrogen and oxygen atoms in total. The molecule has 1 N–H and O–H groups in total. The summed E-state index contributed by atoms with van der Waals surface area (Å²) in [7, 11) is 0. The van der Waals surface area contributed by atoms with E-state index in [4.69, 9.17) is 5.10 Å². The van der Waals surface area contributed by atoms with Crippen molar-refractivity contribution in [1.82, 2.24) is 14.8 Å². The maximum absolute atomic E-state index is 4.90. The average molecular weight is 290 g/mol. The summed E-state index contributed by atoms with van der Waals surface area (Å²) in [4.78, 5) is 4.23. The van der Waals surface area contributed by atoms with E-state index in [0.29, 0.717) is 0 Å². The molecule has 0 unspecified atom stereocenters. The number of nitrogens with zero attached hydrogens (tertiary/aromatic N) is 3. The van der Waals surface area contributed by atoms with Crippen LogP contribution in [-0.2, 0) is 12.8 Å². The Labute approximate surface area is 129 Å². The second-order valence-corrected chi connectivity index (χ2v) is 5.49. The molecular weight excluding hydrogens is 272 g/mol. The number of aryl methyl sites for hydroxylation is 1. The van der Waals surface area contributed by atoms with Gasteiger partial charge in [-0.25, -0.2) is 4.68 Å². The largest absolute Gasteiger partial charge is 0.369 e. The topological polar surface area (TPSA) is 42.7 Å². The molecule has 0 saturated carbocycles. The first-order chi connectivity index (χ1) is 10.9. The van der Waals surface area contributed by atoms with E-state index >= 15 is 0 Å². The number of pyridine rings is 1. The van der Waals surface area contributed by atoms with Crippen LogP contribution in [0.3, 0.4) is 0 Å². The van der Waals surface area contributed by atoms with E-state index in [0.717, 1.165) is 42.1 Å². The number of hydrogen-bond donors (Lipinski definition) is 1. The first-order valence-electron chi connectivity index (χ1n) is 7.73. The van der Waals surface area contributed by atoms with Gasteiger partial charge in [0.2, 0.25) is 0 Å². The van der Waals surface area contributed by atoms with Crippen LogP contribution in [0.5, 0.6) is 0 Å². The monoisotopic (exact) mass is 290 g/mol. The van der Waals surface area contributed by atoms with Crippen molar-refractivity contribution < 1.29 is 0 Å². The Bertz CT molecular complexity index is 805. The summed E-state index contributed by atoms with van der Waals surface area (Å²) in [5, 5.41) is 8.38. The van der Waals surface area contributed by atoms with Gasteiger partial charge in [-0.05, 0) is 36.6 Å². The Balaban J connectivity index is 1.92. The summed E-state index contributed by atoms with van der Waals surface area (Å²) in [5.74, 6) is 1.12. The predicted molar refractivity (Wildman–Crippen MR) is 88.4 cm³/mol. The van der Waals surface area contributed by atoms with Gasteiger partial charge >= 0.3 is 0 Å². The first kappa shape index (κ1) is 13.1. The van der Waals surface area contributed by atoms with E-state index in [2.05, 4.69) is 52.2 Å². The molecule has 1 aliphatic rings.